The molecule has 2 aromatic carbocycles. The van der Waals surface area contributed by atoms with Gasteiger partial charge in [-0.25, -0.2) is 9.78 Å². The van der Waals surface area contributed by atoms with Gasteiger partial charge in [0.1, 0.15) is 5.82 Å². The Morgan fingerprint density at radius 2 is 1.97 bits per heavy atom. The predicted molar refractivity (Wildman–Crippen MR) is 129 cm³/mol. The Hall–Kier alpha value is -3.39. The number of nitrogens with one attached hydrogen (secondary N) is 2. The van der Waals surface area contributed by atoms with Crippen LogP contribution in [0.25, 0.3) is 10.9 Å². The molecule has 0 aliphatic carbocycles. The summed E-state index contributed by atoms with van der Waals surface area (Å²) >= 11 is 6.11. The van der Waals surface area contributed by atoms with Crippen molar-refractivity contribution in [3.05, 3.63) is 69.2 Å². The van der Waals surface area contributed by atoms with Gasteiger partial charge in [-0.1, -0.05) is 30.7 Å². The molecule has 33 heavy (non-hydrogen) atoms. The van der Waals surface area contributed by atoms with E-state index in [9.17, 15) is 14.4 Å². The topological polar surface area (TPSA) is 102 Å². The molecular weight excluding hydrogens is 444 g/mol. The van der Waals surface area contributed by atoms with Crippen molar-refractivity contribution in [1.29, 1.82) is 0 Å². The minimum absolute atomic E-state index is 0.0807. The number of anilines is 1. The smallest absolute Gasteiger partial charge is 0.319 e. The summed E-state index contributed by atoms with van der Waals surface area (Å²) in [7, 11) is 0. The Morgan fingerprint density at radius 3 is 2.70 bits per heavy atom. The fraction of sp³-hybridized carbons (Fsp3) is 0.333. The highest BCUT2D eigenvalue weighted by atomic mass is 35.5. The van der Waals surface area contributed by atoms with E-state index >= 15 is 0 Å². The van der Waals surface area contributed by atoms with E-state index in [4.69, 9.17) is 21.3 Å². The Bertz CT molecular complexity index is 1210. The average molecular weight is 471 g/mol. The molecule has 2 amide bonds. The van der Waals surface area contributed by atoms with Gasteiger partial charge < -0.3 is 15.4 Å². The fourth-order valence-electron chi connectivity index (χ4n) is 3.43. The van der Waals surface area contributed by atoms with Gasteiger partial charge in [-0.15, -0.1) is 0 Å². The highest BCUT2D eigenvalue weighted by Crippen LogP contribution is 2.18. The molecule has 1 aromatic heterocycles. The summed E-state index contributed by atoms with van der Waals surface area (Å²) in [5.41, 5.74) is 1.74. The molecule has 0 atom stereocenters. The second-order valence-corrected chi connectivity index (χ2v) is 7.90. The van der Waals surface area contributed by atoms with Crippen LogP contribution in [0.5, 0.6) is 0 Å². The number of esters is 1. The number of carbonyl (C=O) groups excluding carboxylic acids is 2. The molecule has 0 bridgehead atoms. The summed E-state index contributed by atoms with van der Waals surface area (Å²) in [6, 6.07) is 11.9. The first-order valence-electron chi connectivity index (χ1n) is 10.9. The van der Waals surface area contributed by atoms with Crippen LogP contribution < -0.4 is 16.2 Å². The zero-order valence-electron chi connectivity index (χ0n) is 18.7. The van der Waals surface area contributed by atoms with E-state index in [1.807, 2.05) is 25.1 Å². The second-order valence-electron chi connectivity index (χ2n) is 7.47. The molecule has 0 saturated carbocycles. The first kappa shape index (κ1) is 24.3. The minimum Gasteiger partial charge on any atom is -0.466 e. The molecular formula is C24H27ClN4O4. The van der Waals surface area contributed by atoms with Crippen LogP contribution in [0.4, 0.5) is 10.5 Å². The summed E-state index contributed by atoms with van der Waals surface area (Å²) in [6.07, 6.45) is 1.59. The number of ether oxygens (including phenoxy) is 1. The van der Waals surface area contributed by atoms with E-state index in [1.54, 1.807) is 35.8 Å². The lowest BCUT2D eigenvalue weighted by Gasteiger charge is -2.14. The lowest BCUT2D eigenvalue weighted by Crippen LogP contribution is -2.31. The lowest BCUT2D eigenvalue weighted by atomic mass is 10.1. The van der Waals surface area contributed by atoms with Crippen molar-refractivity contribution in [2.75, 3.05) is 18.5 Å². The monoisotopic (exact) mass is 470 g/mol. The number of hydrogen-bond donors (Lipinski definition) is 2. The van der Waals surface area contributed by atoms with Gasteiger partial charge in [-0.3, -0.25) is 14.2 Å². The molecule has 0 fully saturated rings. The zero-order valence-corrected chi connectivity index (χ0v) is 19.4. The van der Waals surface area contributed by atoms with Gasteiger partial charge in [0.2, 0.25) is 0 Å². The van der Waals surface area contributed by atoms with Crippen LogP contribution in [0.1, 0.15) is 38.1 Å². The number of hydrogen-bond acceptors (Lipinski definition) is 5. The van der Waals surface area contributed by atoms with E-state index in [0.717, 1.165) is 12.0 Å². The molecule has 0 aliphatic rings. The number of urea groups is 1. The number of fused-ring (bicyclic) bond motifs is 1. The minimum atomic E-state index is -0.478. The summed E-state index contributed by atoms with van der Waals surface area (Å²) in [5, 5.41) is 6.29. The number of halogens is 1. The van der Waals surface area contributed by atoms with E-state index in [2.05, 4.69) is 10.6 Å². The summed E-state index contributed by atoms with van der Waals surface area (Å²) in [4.78, 5) is 41.6. The fourth-order valence-corrected chi connectivity index (χ4v) is 3.64. The van der Waals surface area contributed by atoms with Gasteiger partial charge >= 0.3 is 12.0 Å². The molecule has 0 unspecified atom stereocenters. The normalized spacial score (nSPS) is 10.8. The summed E-state index contributed by atoms with van der Waals surface area (Å²) in [5.74, 6) is 0.324. The van der Waals surface area contributed by atoms with Gasteiger partial charge in [-0.2, -0.15) is 0 Å². The molecule has 0 radical (unpaired) electrons. The maximum absolute atomic E-state index is 13.4. The molecule has 0 aliphatic heterocycles. The van der Waals surface area contributed by atoms with Gasteiger partial charge in [0.05, 0.1) is 30.5 Å². The number of nitrogens with zero attached hydrogens (tertiary/aromatic N) is 2. The maximum atomic E-state index is 13.4. The number of aryl methyl sites for hydroxylation is 1. The maximum Gasteiger partial charge on any atom is 0.319 e. The molecule has 174 valence electrons. The molecule has 0 spiro atoms. The van der Waals surface area contributed by atoms with Crippen LogP contribution >= 0.6 is 11.6 Å². The van der Waals surface area contributed by atoms with Crippen molar-refractivity contribution in [2.24, 2.45) is 0 Å². The first-order chi connectivity index (χ1) is 15.9. The number of aromatic nitrogens is 2. The van der Waals surface area contributed by atoms with E-state index in [0.29, 0.717) is 47.0 Å². The van der Waals surface area contributed by atoms with Crippen LogP contribution in [-0.2, 0) is 22.5 Å². The quantitative estimate of drug-likeness (QED) is 0.458. The third-order valence-corrected chi connectivity index (χ3v) is 5.15. The van der Waals surface area contributed by atoms with Crippen molar-refractivity contribution in [1.82, 2.24) is 14.9 Å². The summed E-state index contributed by atoms with van der Waals surface area (Å²) < 4.78 is 6.48. The Morgan fingerprint density at radius 1 is 1.15 bits per heavy atom. The first-order valence-corrected chi connectivity index (χ1v) is 11.3. The second kappa shape index (κ2) is 11.5. The third kappa shape index (κ3) is 6.55. The largest absolute Gasteiger partial charge is 0.466 e. The van der Waals surface area contributed by atoms with Crippen LogP contribution in [0.2, 0.25) is 5.02 Å². The van der Waals surface area contributed by atoms with E-state index in [-0.39, 0.29) is 24.5 Å². The molecule has 8 nitrogen and oxygen atoms in total. The van der Waals surface area contributed by atoms with Gasteiger partial charge in [0.25, 0.3) is 5.56 Å². The molecule has 1 heterocycles. The predicted octanol–water partition coefficient (Wildman–Crippen LogP) is 4.13. The van der Waals surface area contributed by atoms with Crippen molar-refractivity contribution in [3.63, 3.8) is 0 Å². The van der Waals surface area contributed by atoms with Crippen LogP contribution in [0.15, 0.2) is 47.3 Å². The number of benzene rings is 2. The van der Waals surface area contributed by atoms with Crippen LogP contribution in [-0.4, -0.2) is 34.7 Å². The lowest BCUT2D eigenvalue weighted by molar-refractivity contribution is -0.142. The van der Waals surface area contributed by atoms with Gasteiger partial charge in [-0.05, 0) is 49.2 Å². The molecule has 3 rings (SSSR count). The van der Waals surface area contributed by atoms with Gasteiger partial charge in [0, 0.05) is 23.7 Å². The Kier molecular flexibility index (Phi) is 8.43. The van der Waals surface area contributed by atoms with E-state index in [1.165, 1.54) is 0 Å². The van der Waals surface area contributed by atoms with Crippen molar-refractivity contribution in [3.8, 4) is 0 Å². The standard InChI is InChI=1S/C24H27ClN4O4/c1-3-6-21-28-20-10-9-18(27-24(32)26-12-11-22(30)33-4-2)14-19(20)23(31)29(21)15-16-7-5-8-17(25)13-16/h5,7-10,13-14H,3-4,6,11-12,15H2,1-2H3,(H2,26,27,32). The Labute approximate surface area is 196 Å². The SMILES string of the molecule is CCCc1nc2ccc(NC(=O)NCCC(=O)OCC)cc2c(=O)n1Cc1cccc(Cl)c1. The molecule has 0 saturated heterocycles. The number of rotatable bonds is 9. The van der Waals surface area contributed by atoms with Crippen molar-refractivity contribution >= 4 is 40.2 Å². The summed E-state index contributed by atoms with van der Waals surface area (Å²) in [6.45, 7) is 4.55. The molecule has 2 N–H and O–H groups in total. The zero-order chi connectivity index (χ0) is 23.8. The number of carbonyl (C=O) groups is 2. The van der Waals surface area contributed by atoms with Crippen molar-refractivity contribution < 1.29 is 14.3 Å². The number of amides is 2. The molecule has 3 aromatic rings. The molecule has 9 heteroatoms. The van der Waals surface area contributed by atoms with Gasteiger partial charge in [0.15, 0.2) is 0 Å². The average Bonchev–Trinajstić information content (AvgIpc) is 2.77. The van der Waals surface area contributed by atoms with E-state index < -0.39 is 6.03 Å². The Balaban J connectivity index is 1.83. The third-order valence-electron chi connectivity index (χ3n) is 4.91. The van der Waals surface area contributed by atoms with Crippen LogP contribution in [0, 0.1) is 0 Å². The highest BCUT2D eigenvalue weighted by molar-refractivity contribution is 6.30. The van der Waals surface area contributed by atoms with Crippen LogP contribution in [0.3, 0.4) is 0 Å². The highest BCUT2D eigenvalue weighted by Gasteiger charge is 2.13. The van der Waals surface area contributed by atoms with Crippen molar-refractivity contribution in [2.45, 2.75) is 39.7 Å².